The third-order valence-electron chi connectivity index (χ3n) is 4.85. The van der Waals surface area contributed by atoms with Gasteiger partial charge in [0.05, 0.1) is 11.0 Å². The molecule has 1 heterocycles. The summed E-state index contributed by atoms with van der Waals surface area (Å²) in [4.78, 5) is 16.3. The molecule has 0 aliphatic heterocycles. The summed E-state index contributed by atoms with van der Waals surface area (Å²) in [5.41, 5.74) is 2.38. The first-order valence-corrected chi connectivity index (χ1v) is 10.5. The van der Waals surface area contributed by atoms with Crippen molar-refractivity contribution in [3.63, 3.8) is 0 Å². The molecule has 1 amide bonds. The van der Waals surface area contributed by atoms with Crippen molar-refractivity contribution in [3.05, 3.63) is 30.1 Å². The zero-order valence-corrected chi connectivity index (χ0v) is 16.6. The van der Waals surface area contributed by atoms with Crippen LogP contribution in [0.1, 0.15) is 77.5 Å². The fraction of sp³-hybridized carbons (Fsp3) is 0.636. The lowest BCUT2D eigenvalue weighted by atomic mass is 10.1. The second-order valence-corrected chi connectivity index (χ2v) is 7.14. The number of rotatable bonds is 13. The van der Waals surface area contributed by atoms with Gasteiger partial charge in [0.15, 0.2) is 0 Å². The highest BCUT2D eigenvalue weighted by Crippen LogP contribution is 2.19. The molecule has 0 aliphatic rings. The zero-order chi connectivity index (χ0) is 18.6. The molecule has 0 saturated carbocycles. The predicted octanol–water partition coefficient (Wildman–Crippen LogP) is 5.25. The van der Waals surface area contributed by atoms with E-state index in [0.717, 1.165) is 50.7 Å². The second kappa shape index (κ2) is 11.7. The molecular weight excluding hydrogens is 322 g/mol. The normalized spacial score (nSPS) is 11.2. The Kier molecular flexibility index (Phi) is 9.22. The lowest BCUT2D eigenvalue weighted by Gasteiger charge is -2.09. The molecule has 0 fully saturated rings. The van der Waals surface area contributed by atoms with Gasteiger partial charge in [-0.25, -0.2) is 4.98 Å². The van der Waals surface area contributed by atoms with E-state index in [0.29, 0.717) is 6.42 Å². The van der Waals surface area contributed by atoms with E-state index >= 15 is 0 Å². The van der Waals surface area contributed by atoms with Crippen LogP contribution >= 0.6 is 0 Å². The number of nitrogens with one attached hydrogen (secondary N) is 1. The molecule has 0 radical (unpaired) electrons. The Morgan fingerprint density at radius 1 is 1.00 bits per heavy atom. The molecule has 4 nitrogen and oxygen atoms in total. The first kappa shape index (κ1) is 20.5. The second-order valence-electron chi connectivity index (χ2n) is 7.14. The SMILES string of the molecule is CCCCCCn1c(CCCCCNC(=O)CCC)nc2ccccc21. The maximum Gasteiger partial charge on any atom is 0.219 e. The highest BCUT2D eigenvalue weighted by atomic mass is 16.1. The quantitative estimate of drug-likeness (QED) is 0.498. The fourth-order valence-corrected chi connectivity index (χ4v) is 3.39. The predicted molar refractivity (Wildman–Crippen MR) is 109 cm³/mol. The van der Waals surface area contributed by atoms with Crippen LogP contribution in [0.5, 0.6) is 0 Å². The van der Waals surface area contributed by atoms with Gasteiger partial charge in [-0.2, -0.15) is 0 Å². The Morgan fingerprint density at radius 3 is 2.62 bits per heavy atom. The summed E-state index contributed by atoms with van der Waals surface area (Å²) in [5, 5.41) is 3.00. The maximum atomic E-state index is 11.5. The van der Waals surface area contributed by atoms with Gasteiger partial charge in [0, 0.05) is 25.9 Å². The molecule has 0 atom stereocenters. The van der Waals surface area contributed by atoms with Crippen molar-refractivity contribution in [1.82, 2.24) is 14.9 Å². The molecule has 1 aromatic heterocycles. The number of para-hydroxylation sites is 2. The van der Waals surface area contributed by atoms with E-state index in [1.165, 1.54) is 37.0 Å². The Morgan fingerprint density at radius 2 is 1.81 bits per heavy atom. The molecule has 4 heteroatoms. The summed E-state index contributed by atoms with van der Waals surface area (Å²) in [5.74, 6) is 1.40. The highest BCUT2D eigenvalue weighted by Gasteiger charge is 2.09. The number of unbranched alkanes of at least 4 members (excludes halogenated alkanes) is 5. The summed E-state index contributed by atoms with van der Waals surface area (Å²) in [6.07, 6.45) is 11.0. The number of nitrogens with zero attached hydrogens (tertiary/aromatic N) is 2. The third kappa shape index (κ3) is 6.47. The van der Waals surface area contributed by atoms with Crippen LogP contribution in [0.2, 0.25) is 0 Å². The van der Waals surface area contributed by atoms with Gasteiger partial charge < -0.3 is 9.88 Å². The fourth-order valence-electron chi connectivity index (χ4n) is 3.39. The van der Waals surface area contributed by atoms with Crippen molar-refractivity contribution in [2.24, 2.45) is 0 Å². The van der Waals surface area contributed by atoms with Crippen LogP contribution in [-0.2, 0) is 17.8 Å². The number of aryl methyl sites for hydroxylation is 2. The molecular formula is C22H35N3O. The maximum absolute atomic E-state index is 11.5. The molecule has 144 valence electrons. The van der Waals surface area contributed by atoms with Gasteiger partial charge in [0.2, 0.25) is 5.91 Å². The smallest absolute Gasteiger partial charge is 0.219 e. The monoisotopic (exact) mass is 357 g/mol. The van der Waals surface area contributed by atoms with Gasteiger partial charge in [-0.1, -0.05) is 51.7 Å². The third-order valence-corrected chi connectivity index (χ3v) is 4.85. The van der Waals surface area contributed by atoms with E-state index in [9.17, 15) is 4.79 Å². The summed E-state index contributed by atoms with van der Waals surface area (Å²) in [7, 11) is 0. The number of imidazole rings is 1. The van der Waals surface area contributed by atoms with Crippen molar-refractivity contribution in [2.75, 3.05) is 6.54 Å². The number of aromatic nitrogens is 2. The summed E-state index contributed by atoms with van der Waals surface area (Å²) in [6, 6.07) is 8.48. The molecule has 0 unspecified atom stereocenters. The van der Waals surface area contributed by atoms with Crippen molar-refractivity contribution in [3.8, 4) is 0 Å². The molecule has 1 N–H and O–H groups in total. The average Bonchev–Trinajstić information content (AvgIpc) is 2.99. The van der Waals surface area contributed by atoms with Gasteiger partial charge >= 0.3 is 0 Å². The minimum Gasteiger partial charge on any atom is -0.356 e. The van der Waals surface area contributed by atoms with E-state index in [1.54, 1.807) is 0 Å². The average molecular weight is 358 g/mol. The van der Waals surface area contributed by atoms with E-state index in [1.807, 2.05) is 6.92 Å². The van der Waals surface area contributed by atoms with Gasteiger partial charge in [0.1, 0.15) is 5.82 Å². The number of benzene rings is 1. The zero-order valence-electron chi connectivity index (χ0n) is 16.6. The van der Waals surface area contributed by atoms with Crippen LogP contribution in [0.25, 0.3) is 11.0 Å². The Hall–Kier alpha value is -1.84. The number of carbonyl (C=O) groups is 1. The summed E-state index contributed by atoms with van der Waals surface area (Å²) < 4.78 is 2.42. The number of fused-ring (bicyclic) bond motifs is 1. The van der Waals surface area contributed by atoms with Crippen molar-refractivity contribution >= 4 is 16.9 Å². The van der Waals surface area contributed by atoms with Crippen LogP contribution in [0.3, 0.4) is 0 Å². The lowest BCUT2D eigenvalue weighted by molar-refractivity contribution is -0.121. The minimum absolute atomic E-state index is 0.182. The molecule has 2 aromatic rings. The summed E-state index contributed by atoms with van der Waals surface area (Å²) in [6.45, 7) is 6.16. The first-order chi connectivity index (χ1) is 12.8. The van der Waals surface area contributed by atoms with Crippen LogP contribution < -0.4 is 5.32 Å². The number of carbonyl (C=O) groups excluding carboxylic acids is 1. The van der Waals surface area contributed by atoms with Crippen molar-refractivity contribution < 1.29 is 4.79 Å². The first-order valence-electron chi connectivity index (χ1n) is 10.5. The van der Waals surface area contributed by atoms with Gasteiger partial charge in [-0.3, -0.25) is 4.79 Å². The molecule has 0 bridgehead atoms. The van der Waals surface area contributed by atoms with Crippen LogP contribution in [0.15, 0.2) is 24.3 Å². The van der Waals surface area contributed by atoms with Crippen molar-refractivity contribution in [1.29, 1.82) is 0 Å². The topological polar surface area (TPSA) is 46.9 Å². The standard InChI is InChI=1S/C22H35N3O/c1-3-5-6-12-18-25-20-15-10-9-14-19(20)24-21(25)16-8-7-11-17-23-22(26)13-4-2/h9-10,14-15H,3-8,11-13,16-18H2,1-2H3,(H,23,26). The minimum atomic E-state index is 0.182. The van der Waals surface area contributed by atoms with E-state index < -0.39 is 0 Å². The number of hydrogen-bond acceptors (Lipinski definition) is 2. The van der Waals surface area contributed by atoms with Gasteiger partial charge in [-0.15, -0.1) is 0 Å². The molecule has 26 heavy (non-hydrogen) atoms. The molecule has 1 aromatic carbocycles. The Bertz CT molecular complexity index is 662. The van der Waals surface area contributed by atoms with Crippen molar-refractivity contribution in [2.45, 2.75) is 84.6 Å². The molecule has 0 saturated heterocycles. The summed E-state index contributed by atoms with van der Waals surface area (Å²) >= 11 is 0. The number of hydrogen-bond donors (Lipinski definition) is 1. The number of amides is 1. The Labute approximate surface area is 158 Å². The van der Waals surface area contributed by atoms with E-state index in [-0.39, 0.29) is 5.91 Å². The largest absolute Gasteiger partial charge is 0.356 e. The Balaban J connectivity index is 1.82. The molecule has 0 spiro atoms. The van der Waals surface area contributed by atoms with Crippen LogP contribution in [0.4, 0.5) is 0 Å². The van der Waals surface area contributed by atoms with E-state index in [4.69, 9.17) is 4.98 Å². The van der Waals surface area contributed by atoms with Gasteiger partial charge in [0.25, 0.3) is 0 Å². The van der Waals surface area contributed by atoms with Crippen LogP contribution in [-0.4, -0.2) is 22.0 Å². The van der Waals surface area contributed by atoms with Gasteiger partial charge in [-0.05, 0) is 37.8 Å². The lowest BCUT2D eigenvalue weighted by Crippen LogP contribution is -2.23. The van der Waals surface area contributed by atoms with Crippen LogP contribution in [0, 0.1) is 0 Å². The molecule has 0 aliphatic carbocycles. The highest BCUT2D eigenvalue weighted by molar-refractivity contribution is 5.76. The molecule has 2 rings (SSSR count). The van der Waals surface area contributed by atoms with E-state index in [2.05, 4.69) is 41.1 Å².